The Morgan fingerprint density at radius 1 is 1.24 bits per heavy atom. The number of anilines is 1. The molecule has 0 radical (unpaired) electrons. The van der Waals surface area contributed by atoms with Gasteiger partial charge in [-0.25, -0.2) is 8.42 Å². The summed E-state index contributed by atoms with van der Waals surface area (Å²) in [7, 11) is -2.87. The summed E-state index contributed by atoms with van der Waals surface area (Å²) in [5, 5.41) is 6.00. The summed E-state index contributed by atoms with van der Waals surface area (Å²) in [4.78, 5) is 11.9. The molecule has 1 unspecified atom stereocenters. The molecule has 0 aliphatic carbocycles. The molecule has 0 spiro atoms. The zero-order valence-electron chi connectivity index (χ0n) is 12.5. The highest BCUT2D eigenvalue weighted by atomic mass is 32.2. The predicted octanol–water partition coefficient (Wildman–Crippen LogP) is 1.41. The van der Waals surface area contributed by atoms with E-state index in [4.69, 9.17) is 0 Å². The van der Waals surface area contributed by atoms with Gasteiger partial charge in [0, 0.05) is 24.7 Å². The Hall–Kier alpha value is -1.40. The molecule has 1 aliphatic rings. The summed E-state index contributed by atoms with van der Waals surface area (Å²) < 4.78 is 22.6. The lowest BCUT2D eigenvalue weighted by molar-refractivity contribution is -0.116. The van der Waals surface area contributed by atoms with E-state index >= 15 is 0 Å². The summed E-state index contributed by atoms with van der Waals surface area (Å²) in [5.74, 6) is 0.374. The number of carbonyl (C=O) groups excluding carboxylic acids is 1. The maximum absolute atomic E-state index is 11.9. The molecule has 0 saturated carbocycles. The number of carbonyl (C=O) groups is 1. The monoisotopic (exact) mass is 310 g/mol. The largest absolute Gasteiger partial charge is 0.326 e. The van der Waals surface area contributed by atoms with Crippen LogP contribution in [0.25, 0.3) is 0 Å². The van der Waals surface area contributed by atoms with E-state index < -0.39 is 9.84 Å². The van der Waals surface area contributed by atoms with Crippen molar-refractivity contribution < 1.29 is 13.2 Å². The maximum Gasteiger partial charge on any atom is 0.225 e. The first-order valence-corrected chi connectivity index (χ1v) is 8.98. The molecular weight excluding hydrogens is 288 g/mol. The van der Waals surface area contributed by atoms with Gasteiger partial charge in [0.05, 0.1) is 11.5 Å². The zero-order chi connectivity index (χ0) is 15.5. The number of hydrogen-bond acceptors (Lipinski definition) is 4. The van der Waals surface area contributed by atoms with E-state index in [1.165, 1.54) is 0 Å². The Labute approximate surface area is 126 Å². The minimum absolute atomic E-state index is 0.0102. The lowest BCUT2D eigenvalue weighted by atomic mass is 10.1. The van der Waals surface area contributed by atoms with Crippen molar-refractivity contribution in [3.63, 3.8) is 0 Å². The molecule has 1 amide bonds. The van der Waals surface area contributed by atoms with Crippen LogP contribution in [-0.4, -0.2) is 38.4 Å². The van der Waals surface area contributed by atoms with E-state index in [1.54, 1.807) is 0 Å². The Bertz CT molecular complexity index is 606. The van der Waals surface area contributed by atoms with Crippen molar-refractivity contribution in [3.8, 4) is 0 Å². The van der Waals surface area contributed by atoms with Crippen molar-refractivity contribution in [2.45, 2.75) is 32.7 Å². The van der Waals surface area contributed by atoms with Crippen LogP contribution < -0.4 is 10.6 Å². The van der Waals surface area contributed by atoms with Gasteiger partial charge in [-0.15, -0.1) is 0 Å². The molecular formula is C15H22N2O3S. The van der Waals surface area contributed by atoms with Crippen LogP contribution in [0, 0.1) is 13.8 Å². The fourth-order valence-electron chi connectivity index (χ4n) is 2.62. The minimum Gasteiger partial charge on any atom is -0.326 e. The second-order valence-corrected chi connectivity index (χ2v) is 7.96. The van der Waals surface area contributed by atoms with Gasteiger partial charge in [-0.1, -0.05) is 6.07 Å². The Kier molecular flexibility index (Phi) is 5.00. The number of rotatable bonds is 5. The molecule has 1 saturated heterocycles. The van der Waals surface area contributed by atoms with Crippen LogP contribution >= 0.6 is 0 Å². The fourth-order valence-corrected chi connectivity index (χ4v) is 4.32. The van der Waals surface area contributed by atoms with E-state index in [1.807, 2.05) is 26.0 Å². The highest BCUT2D eigenvalue weighted by Crippen LogP contribution is 2.14. The molecule has 6 heteroatoms. The number of hydrogen-bond donors (Lipinski definition) is 2. The molecule has 1 aromatic rings. The van der Waals surface area contributed by atoms with Gasteiger partial charge in [0.2, 0.25) is 5.91 Å². The van der Waals surface area contributed by atoms with Crippen molar-refractivity contribution >= 4 is 21.4 Å². The van der Waals surface area contributed by atoms with Crippen LogP contribution in [0.1, 0.15) is 24.0 Å². The molecule has 1 heterocycles. The number of benzene rings is 1. The normalized spacial score (nSPS) is 20.4. The number of sulfone groups is 1. The third-order valence-corrected chi connectivity index (χ3v) is 5.29. The van der Waals surface area contributed by atoms with E-state index in [-0.39, 0.29) is 23.5 Å². The quantitative estimate of drug-likeness (QED) is 0.862. The average Bonchev–Trinajstić information content (AvgIpc) is 2.67. The fraction of sp³-hybridized carbons (Fsp3) is 0.533. The summed E-state index contributed by atoms with van der Waals surface area (Å²) in [5.41, 5.74) is 3.03. The molecule has 21 heavy (non-hydrogen) atoms. The van der Waals surface area contributed by atoms with Gasteiger partial charge < -0.3 is 10.6 Å². The van der Waals surface area contributed by atoms with E-state index in [9.17, 15) is 13.2 Å². The molecule has 1 fully saturated rings. The molecule has 2 rings (SSSR count). The second kappa shape index (κ2) is 6.58. The first-order valence-electron chi connectivity index (χ1n) is 7.16. The molecule has 2 N–H and O–H groups in total. The molecule has 1 atom stereocenters. The van der Waals surface area contributed by atoms with Crippen LogP contribution in [0.15, 0.2) is 18.2 Å². The average molecular weight is 310 g/mol. The van der Waals surface area contributed by atoms with Crippen LogP contribution in [0.4, 0.5) is 5.69 Å². The van der Waals surface area contributed by atoms with Crippen LogP contribution in [-0.2, 0) is 14.6 Å². The third kappa shape index (κ3) is 5.13. The topological polar surface area (TPSA) is 75.3 Å². The Morgan fingerprint density at radius 3 is 2.48 bits per heavy atom. The van der Waals surface area contributed by atoms with Crippen molar-refractivity contribution in [1.29, 1.82) is 0 Å². The van der Waals surface area contributed by atoms with E-state index in [0.29, 0.717) is 19.4 Å². The standard InChI is InChI=1S/C15H22N2O3S/c1-11-7-12(2)9-14(8-11)17-15(18)3-5-16-13-4-6-21(19,20)10-13/h7-9,13,16H,3-6,10H2,1-2H3,(H,17,18). The maximum atomic E-state index is 11.9. The molecule has 1 aliphatic heterocycles. The van der Waals surface area contributed by atoms with E-state index in [0.717, 1.165) is 16.8 Å². The highest BCUT2D eigenvalue weighted by molar-refractivity contribution is 7.91. The molecule has 0 bridgehead atoms. The summed E-state index contributed by atoms with van der Waals surface area (Å²) in [6.07, 6.45) is 0.977. The zero-order valence-corrected chi connectivity index (χ0v) is 13.3. The summed E-state index contributed by atoms with van der Waals surface area (Å²) >= 11 is 0. The van der Waals surface area contributed by atoms with Crippen molar-refractivity contribution in [3.05, 3.63) is 29.3 Å². The molecule has 1 aromatic carbocycles. The molecule has 116 valence electrons. The number of amides is 1. The van der Waals surface area contributed by atoms with Gasteiger partial charge in [-0.2, -0.15) is 0 Å². The van der Waals surface area contributed by atoms with Gasteiger partial charge in [0.15, 0.2) is 9.84 Å². The van der Waals surface area contributed by atoms with Gasteiger partial charge >= 0.3 is 0 Å². The minimum atomic E-state index is -2.87. The first kappa shape index (κ1) is 16.0. The third-order valence-electron chi connectivity index (χ3n) is 3.52. The lowest BCUT2D eigenvalue weighted by Crippen LogP contribution is -2.32. The first-order chi connectivity index (χ1) is 9.84. The summed E-state index contributed by atoms with van der Waals surface area (Å²) in [6.45, 7) is 4.48. The number of aryl methyl sites for hydroxylation is 2. The smallest absolute Gasteiger partial charge is 0.225 e. The Morgan fingerprint density at radius 2 is 1.90 bits per heavy atom. The van der Waals surface area contributed by atoms with Crippen LogP contribution in [0.3, 0.4) is 0 Å². The van der Waals surface area contributed by atoms with Gasteiger partial charge in [-0.3, -0.25) is 4.79 Å². The second-order valence-electron chi connectivity index (χ2n) is 5.73. The van der Waals surface area contributed by atoms with Crippen LogP contribution in [0.5, 0.6) is 0 Å². The van der Waals surface area contributed by atoms with E-state index in [2.05, 4.69) is 16.7 Å². The van der Waals surface area contributed by atoms with Gasteiger partial charge in [0.25, 0.3) is 0 Å². The Balaban J connectivity index is 1.75. The summed E-state index contributed by atoms with van der Waals surface area (Å²) in [6, 6.07) is 5.91. The molecule has 0 aromatic heterocycles. The van der Waals surface area contributed by atoms with Crippen molar-refractivity contribution in [2.75, 3.05) is 23.4 Å². The van der Waals surface area contributed by atoms with Crippen LogP contribution in [0.2, 0.25) is 0 Å². The number of nitrogens with one attached hydrogen (secondary N) is 2. The SMILES string of the molecule is Cc1cc(C)cc(NC(=O)CCNC2CCS(=O)(=O)C2)c1. The van der Waals surface area contributed by atoms with Crippen molar-refractivity contribution in [1.82, 2.24) is 5.32 Å². The molecule has 5 nitrogen and oxygen atoms in total. The van der Waals surface area contributed by atoms with Gasteiger partial charge in [-0.05, 0) is 43.5 Å². The van der Waals surface area contributed by atoms with Crippen molar-refractivity contribution in [2.24, 2.45) is 0 Å². The predicted molar refractivity (Wildman–Crippen MR) is 84.2 cm³/mol. The van der Waals surface area contributed by atoms with Gasteiger partial charge in [0.1, 0.15) is 0 Å². The highest BCUT2D eigenvalue weighted by Gasteiger charge is 2.27. The lowest BCUT2D eigenvalue weighted by Gasteiger charge is -2.11.